The maximum absolute atomic E-state index is 10.8. The zero-order chi connectivity index (χ0) is 11.4. The van der Waals surface area contributed by atoms with Crippen LogP contribution in [0.3, 0.4) is 0 Å². The Kier molecular flexibility index (Phi) is 4.29. The molecule has 1 unspecified atom stereocenters. The van der Waals surface area contributed by atoms with Gasteiger partial charge in [-0.15, -0.1) is 0 Å². The second-order valence-corrected chi connectivity index (χ2v) is 4.20. The molecule has 0 amide bonds. The second-order valence-electron chi connectivity index (χ2n) is 3.35. The Morgan fingerprint density at radius 3 is 2.73 bits per heavy atom. The predicted octanol–water partition coefficient (Wildman–Crippen LogP) is 2.40. The van der Waals surface area contributed by atoms with Crippen LogP contribution in [0.4, 0.5) is 0 Å². The molecule has 0 saturated heterocycles. The van der Waals surface area contributed by atoms with E-state index < -0.39 is 12.1 Å². The molecule has 1 rings (SSSR count). The number of benzene rings is 1. The molecule has 1 aromatic carbocycles. The van der Waals surface area contributed by atoms with E-state index in [4.69, 9.17) is 9.84 Å². The van der Waals surface area contributed by atoms with Crippen LogP contribution in [0.2, 0.25) is 0 Å². The normalized spacial score (nSPS) is 12.5. The van der Waals surface area contributed by atoms with Gasteiger partial charge in [0.05, 0.1) is 0 Å². The van der Waals surface area contributed by atoms with E-state index in [0.29, 0.717) is 6.42 Å². The molecule has 0 aromatic heterocycles. The van der Waals surface area contributed by atoms with Gasteiger partial charge in [0.25, 0.3) is 0 Å². The number of halogens is 1. The average molecular weight is 273 g/mol. The minimum Gasteiger partial charge on any atom is -0.479 e. The summed E-state index contributed by atoms with van der Waals surface area (Å²) in [4.78, 5) is 10.8. The number of aliphatic carboxylic acids is 1. The van der Waals surface area contributed by atoms with Crippen LogP contribution in [0, 0.1) is 6.92 Å². The number of rotatable bonds is 4. The molecule has 0 saturated carbocycles. The topological polar surface area (TPSA) is 46.5 Å². The smallest absolute Gasteiger partial charge is 0.333 e. The third-order valence-electron chi connectivity index (χ3n) is 2.20. The molecule has 0 aliphatic carbocycles. The van der Waals surface area contributed by atoms with E-state index in [2.05, 4.69) is 15.9 Å². The highest BCUT2D eigenvalue weighted by atomic mass is 79.9. The van der Waals surface area contributed by atoms with Crippen LogP contribution in [0.25, 0.3) is 0 Å². The lowest BCUT2D eigenvalue weighted by Crippen LogP contribution is -2.24. The molecule has 0 spiro atoms. The van der Waals surface area contributed by atoms with Gasteiger partial charge in [0, 0.05) is 18.0 Å². The van der Waals surface area contributed by atoms with Crippen molar-refractivity contribution in [3.8, 4) is 0 Å². The third-order valence-corrected chi connectivity index (χ3v) is 3.09. The van der Waals surface area contributed by atoms with Gasteiger partial charge in [0.2, 0.25) is 0 Å². The van der Waals surface area contributed by atoms with E-state index in [-0.39, 0.29) is 0 Å². The maximum atomic E-state index is 10.8. The Bertz CT molecular complexity index is 363. The largest absolute Gasteiger partial charge is 0.479 e. The molecular formula is C11H13BrO3. The quantitative estimate of drug-likeness (QED) is 0.916. The number of carbonyl (C=O) groups is 1. The van der Waals surface area contributed by atoms with E-state index in [0.717, 1.165) is 15.6 Å². The minimum absolute atomic E-state index is 0.389. The Morgan fingerprint density at radius 2 is 2.27 bits per heavy atom. The summed E-state index contributed by atoms with van der Waals surface area (Å²) in [6.07, 6.45) is -0.384. The molecule has 15 heavy (non-hydrogen) atoms. The summed E-state index contributed by atoms with van der Waals surface area (Å²) in [6, 6.07) is 5.77. The molecule has 82 valence electrons. The number of carboxylic acid groups (broad SMARTS) is 1. The molecule has 0 heterocycles. The van der Waals surface area contributed by atoms with Gasteiger partial charge in [-0.25, -0.2) is 4.79 Å². The number of hydrogen-bond acceptors (Lipinski definition) is 2. The summed E-state index contributed by atoms with van der Waals surface area (Å²) < 4.78 is 5.90. The summed E-state index contributed by atoms with van der Waals surface area (Å²) in [6.45, 7) is 1.97. The van der Waals surface area contributed by atoms with Gasteiger partial charge >= 0.3 is 5.97 Å². The van der Waals surface area contributed by atoms with Gasteiger partial charge in [-0.05, 0) is 24.1 Å². The van der Waals surface area contributed by atoms with E-state index in [1.54, 1.807) is 0 Å². The Labute approximate surface area is 97.2 Å². The zero-order valence-electron chi connectivity index (χ0n) is 8.66. The number of ether oxygens (including phenoxy) is 1. The first kappa shape index (κ1) is 12.2. The highest BCUT2D eigenvalue weighted by Crippen LogP contribution is 2.18. The van der Waals surface area contributed by atoms with Crippen LogP contribution in [0.15, 0.2) is 22.7 Å². The number of methoxy groups -OCH3 is 1. The van der Waals surface area contributed by atoms with Crippen molar-refractivity contribution in [2.24, 2.45) is 0 Å². The second kappa shape index (κ2) is 5.28. The van der Waals surface area contributed by atoms with Crippen molar-refractivity contribution in [1.82, 2.24) is 0 Å². The molecule has 0 bridgehead atoms. The van der Waals surface area contributed by atoms with Gasteiger partial charge in [-0.2, -0.15) is 0 Å². The fourth-order valence-corrected chi connectivity index (χ4v) is 1.57. The van der Waals surface area contributed by atoms with Gasteiger partial charge in [-0.3, -0.25) is 0 Å². The van der Waals surface area contributed by atoms with Crippen molar-refractivity contribution < 1.29 is 14.6 Å². The third kappa shape index (κ3) is 3.32. The maximum Gasteiger partial charge on any atom is 0.333 e. The monoisotopic (exact) mass is 272 g/mol. The number of carboxylic acids is 1. The van der Waals surface area contributed by atoms with E-state index >= 15 is 0 Å². The van der Waals surface area contributed by atoms with Crippen LogP contribution in [-0.4, -0.2) is 24.3 Å². The summed E-state index contributed by atoms with van der Waals surface area (Å²) in [7, 11) is 1.41. The van der Waals surface area contributed by atoms with Crippen molar-refractivity contribution in [2.75, 3.05) is 7.11 Å². The van der Waals surface area contributed by atoms with E-state index in [1.165, 1.54) is 7.11 Å². The fraction of sp³-hybridized carbons (Fsp3) is 0.364. The molecule has 1 atom stereocenters. The molecule has 0 aliphatic rings. The van der Waals surface area contributed by atoms with Gasteiger partial charge in [-0.1, -0.05) is 28.1 Å². The lowest BCUT2D eigenvalue weighted by Gasteiger charge is -2.11. The number of aryl methyl sites for hydroxylation is 1. The Hall–Kier alpha value is -0.870. The summed E-state index contributed by atoms with van der Waals surface area (Å²) in [5, 5.41) is 8.82. The van der Waals surface area contributed by atoms with Crippen LogP contribution < -0.4 is 0 Å². The molecule has 0 fully saturated rings. The molecular weight excluding hydrogens is 260 g/mol. The fourth-order valence-electron chi connectivity index (χ4n) is 1.32. The van der Waals surface area contributed by atoms with Crippen molar-refractivity contribution >= 4 is 21.9 Å². The van der Waals surface area contributed by atoms with Crippen molar-refractivity contribution in [3.63, 3.8) is 0 Å². The van der Waals surface area contributed by atoms with E-state index in [9.17, 15) is 4.79 Å². The summed E-state index contributed by atoms with van der Waals surface area (Å²) in [5.41, 5.74) is 2.05. The highest BCUT2D eigenvalue weighted by molar-refractivity contribution is 9.10. The lowest BCUT2D eigenvalue weighted by atomic mass is 10.1. The molecule has 1 N–H and O–H groups in total. The molecule has 0 aliphatic heterocycles. The van der Waals surface area contributed by atoms with Crippen LogP contribution in [-0.2, 0) is 16.0 Å². The van der Waals surface area contributed by atoms with Gasteiger partial charge < -0.3 is 9.84 Å². The summed E-state index contributed by atoms with van der Waals surface area (Å²) in [5.74, 6) is -0.932. The van der Waals surface area contributed by atoms with Gasteiger partial charge in [0.1, 0.15) is 0 Å². The number of hydrogen-bond donors (Lipinski definition) is 1. The average Bonchev–Trinajstić information content (AvgIpc) is 2.19. The minimum atomic E-state index is -0.932. The highest BCUT2D eigenvalue weighted by Gasteiger charge is 2.16. The van der Waals surface area contributed by atoms with E-state index in [1.807, 2.05) is 25.1 Å². The Morgan fingerprint density at radius 1 is 1.60 bits per heavy atom. The van der Waals surface area contributed by atoms with Crippen molar-refractivity contribution in [1.29, 1.82) is 0 Å². The standard InChI is InChI=1S/C11H13BrO3/c1-7-5-8(3-4-9(7)12)6-10(15-2)11(13)14/h3-5,10H,6H2,1-2H3,(H,13,14). The van der Waals surface area contributed by atoms with Crippen LogP contribution >= 0.6 is 15.9 Å². The lowest BCUT2D eigenvalue weighted by molar-refractivity contribution is -0.148. The molecule has 4 heteroatoms. The van der Waals surface area contributed by atoms with Crippen molar-refractivity contribution in [3.05, 3.63) is 33.8 Å². The first-order valence-corrected chi connectivity index (χ1v) is 5.34. The zero-order valence-corrected chi connectivity index (χ0v) is 10.2. The molecule has 0 radical (unpaired) electrons. The Balaban J connectivity index is 2.80. The summed E-state index contributed by atoms with van der Waals surface area (Å²) >= 11 is 3.39. The molecule has 3 nitrogen and oxygen atoms in total. The SMILES string of the molecule is COC(Cc1ccc(Br)c(C)c1)C(=O)O. The first-order chi connectivity index (χ1) is 7.04. The van der Waals surface area contributed by atoms with Crippen LogP contribution in [0.5, 0.6) is 0 Å². The van der Waals surface area contributed by atoms with Gasteiger partial charge in [0.15, 0.2) is 6.10 Å². The molecule has 1 aromatic rings. The first-order valence-electron chi connectivity index (χ1n) is 4.55. The predicted molar refractivity (Wildman–Crippen MR) is 61.0 cm³/mol. The van der Waals surface area contributed by atoms with Crippen molar-refractivity contribution in [2.45, 2.75) is 19.4 Å². The van der Waals surface area contributed by atoms with Crippen LogP contribution in [0.1, 0.15) is 11.1 Å².